The van der Waals surface area contributed by atoms with Crippen LogP contribution in [-0.2, 0) is 19.6 Å². The number of ether oxygens (including phenoxy) is 1. The minimum Gasteiger partial charge on any atom is -0.449 e. The van der Waals surface area contributed by atoms with Gasteiger partial charge < -0.3 is 10.1 Å². The quantitative estimate of drug-likeness (QED) is 0.556. The average molecular weight is 431 g/mol. The van der Waals surface area contributed by atoms with Crippen LogP contribution >= 0.6 is 11.3 Å². The third kappa shape index (κ3) is 5.43. The molecule has 0 aliphatic heterocycles. The number of amides is 1. The fourth-order valence-corrected chi connectivity index (χ4v) is 4.40. The number of rotatable bonds is 7. The zero-order valence-corrected chi connectivity index (χ0v) is 17.0. The Labute approximate surface area is 172 Å². The summed E-state index contributed by atoms with van der Waals surface area (Å²) in [6.45, 7) is 1.47. The minimum absolute atomic E-state index is 0.194. The second-order valence-corrected chi connectivity index (χ2v) is 8.87. The summed E-state index contributed by atoms with van der Waals surface area (Å²) in [5.41, 5.74) is 1.11. The van der Waals surface area contributed by atoms with E-state index in [0.29, 0.717) is 11.4 Å². The van der Waals surface area contributed by atoms with Gasteiger partial charge in [-0.15, -0.1) is 11.3 Å². The molecule has 3 rings (SSSR count). The smallest absolute Gasteiger partial charge is 0.338 e. The molecule has 2 N–H and O–H groups in total. The average Bonchev–Trinajstić information content (AvgIpc) is 3.25. The second kappa shape index (κ2) is 8.89. The molecule has 150 valence electrons. The summed E-state index contributed by atoms with van der Waals surface area (Å²) >= 11 is 1.10. The Balaban J connectivity index is 1.59. The van der Waals surface area contributed by atoms with Crippen molar-refractivity contribution in [3.63, 3.8) is 0 Å². The highest BCUT2D eigenvalue weighted by atomic mass is 32.2. The van der Waals surface area contributed by atoms with Gasteiger partial charge in [0.15, 0.2) is 6.10 Å². The highest BCUT2D eigenvalue weighted by Crippen LogP contribution is 2.20. The van der Waals surface area contributed by atoms with Gasteiger partial charge in [0.05, 0.1) is 5.56 Å². The summed E-state index contributed by atoms with van der Waals surface area (Å²) in [5, 5.41) is 4.32. The van der Waals surface area contributed by atoms with Crippen molar-refractivity contribution in [2.75, 3.05) is 10.0 Å². The van der Waals surface area contributed by atoms with E-state index in [1.165, 1.54) is 37.3 Å². The third-order valence-electron chi connectivity index (χ3n) is 3.83. The molecular weight excluding hydrogens is 412 g/mol. The predicted octanol–water partition coefficient (Wildman–Crippen LogP) is 3.73. The van der Waals surface area contributed by atoms with Gasteiger partial charge in [0.25, 0.3) is 15.9 Å². The van der Waals surface area contributed by atoms with Gasteiger partial charge in [0, 0.05) is 11.4 Å². The lowest BCUT2D eigenvalue weighted by atomic mass is 10.2. The first kappa shape index (κ1) is 20.6. The summed E-state index contributed by atoms with van der Waals surface area (Å²) in [5.74, 6) is -1.14. The number of hydrogen-bond acceptors (Lipinski definition) is 6. The molecule has 0 unspecified atom stereocenters. The van der Waals surface area contributed by atoms with Crippen molar-refractivity contribution in [3.05, 3.63) is 77.7 Å². The largest absolute Gasteiger partial charge is 0.449 e. The van der Waals surface area contributed by atoms with Crippen LogP contribution < -0.4 is 10.0 Å². The van der Waals surface area contributed by atoms with Crippen molar-refractivity contribution in [1.82, 2.24) is 0 Å². The minimum atomic E-state index is -3.66. The van der Waals surface area contributed by atoms with Crippen LogP contribution in [0.15, 0.2) is 76.3 Å². The van der Waals surface area contributed by atoms with E-state index in [1.807, 2.05) is 6.07 Å². The van der Waals surface area contributed by atoms with Crippen LogP contribution in [-0.4, -0.2) is 26.4 Å². The van der Waals surface area contributed by atoms with E-state index >= 15 is 0 Å². The molecule has 9 heteroatoms. The monoisotopic (exact) mass is 430 g/mol. The Hall–Kier alpha value is -3.17. The summed E-state index contributed by atoms with van der Waals surface area (Å²) in [4.78, 5) is 24.4. The maximum Gasteiger partial charge on any atom is 0.338 e. The zero-order valence-electron chi connectivity index (χ0n) is 15.4. The van der Waals surface area contributed by atoms with Gasteiger partial charge in [-0.05, 0) is 54.8 Å². The normalized spacial score (nSPS) is 12.0. The summed E-state index contributed by atoms with van der Waals surface area (Å²) in [6, 6.07) is 17.7. The molecule has 0 fully saturated rings. The van der Waals surface area contributed by atoms with Crippen molar-refractivity contribution in [2.24, 2.45) is 0 Å². The number of sulfonamides is 1. The van der Waals surface area contributed by atoms with Crippen LogP contribution in [0.3, 0.4) is 0 Å². The van der Waals surface area contributed by atoms with Crippen molar-refractivity contribution >= 4 is 44.6 Å². The van der Waals surface area contributed by atoms with Crippen molar-refractivity contribution in [2.45, 2.75) is 17.2 Å². The number of carbonyl (C=O) groups is 2. The van der Waals surface area contributed by atoms with Gasteiger partial charge in [0.2, 0.25) is 0 Å². The van der Waals surface area contributed by atoms with Crippen LogP contribution in [0, 0.1) is 0 Å². The lowest BCUT2D eigenvalue weighted by Gasteiger charge is -2.14. The van der Waals surface area contributed by atoms with E-state index in [4.69, 9.17) is 4.74 Å². The van der Waals surface area contributed by atoms with E-state index in [1.54, 1.807) is 35.7 Å². The highest BCUT2D eigenvalue weighted by Gasteiger charge is 2.20. The molecule has 0 radical (unpaired) electrons. The molecule has 0 bridgehead atoms. The molecule has 0 aliphatic carbocycles. The fourth-order valence-electron chi connectivity index (χ4n) is 2.34. The van der Waals surface area contributed by atoms with Crippen LogP contribution in [0.1, 0.15) is 17.3 Å². The van der Waals surface area contributed by atoms with Gasteiger partial charge in [-0.1, -0.05) is 24.3 Å². The number of thiophene rings is 1. The number of para-hydroxylation sites is 1. The van der Waals surface area contributed by atoms with Gasteiger partial charge in [-0.2, -0.15) is 0 Å². The van der Waals surface area contributed by atoms with E-state index in [0.717, 1.165) is 11.3 Å². The molecule has 0 saturated carbocycles. The molecule has 0 aliphatic rings. The molecule has 3 aromatic rings. The Morgan fingerprint density at radius 3 is 2.24 bits per heavy atom. The lowest BCUT2D eigenvalue weighted by Crippen LogP contribution is -2.30. The lowest BCUT2D eigenvalue weighted by molar-refractivity contribution is -0.123. The first-order valence-corrected chi connectivity index (χ1v) is 10.9. The fraction of sp³-hybridized carbons (Fsp3) is 0.100. The topological polar surface area (TPSA) is 102 Å². The maximum atomic E-state index is 12.3. The Kier molecular flexibility index (Phi) is 6.30. The first-order valence-electron chi connectivity index (χ1n) is 8.58. The molecule has 0 spiro atoms. The molecule has 0 saturated heterocycles. The summed E-state index contributed by atoms with van der Waals surface area (Å²) in [7, 11) is -3.66. The van der Waals surface area contributed by atoms with Gasteiger partial charge >= 0.3 is 5.97 Å². The van der Waals surface area contributed by atoms with Crippen LogP contribution in [0.5, 0.6) is 0 Å². The van der Waals surface area contributed by atoms with E-state index in [2.05, 4.69) is 10.0 Å². The molecule has 7 nitrogen and oxygen atoms in total. The second-order valence-electron chi connectivity index (χ2n) is 6.02. The molecule has 1 aromatic heterocycles. The molecule has 1 heterocycles. The number of benzene rings is 2. The summed E-state index contributed by atoms with van der Waals surface area (Å²) < 4.78 is 32.2. The Morgan fingerprint density at radius 2 is 1.62 bits per heavy atom. The first-order chi connectivity index (χ1) is 13.8. The van der Waals surface area contributed by atoms with Gasteiger partial charge in [0.1, 0.15) is 4.21 Å². The zero-order chi connectivity index (χ0) is 20.9. The highest BCUT2D eigenvalue weighted by molar-refractivity contribution is 7.94. The van der Waals surface area contributed by atoms with E-state index < -0.39 is 28.0 Å². The van der Waals surface area contributed by atoms with Crippen LogP contribution in [0.2, 0.25) is 0 Å². The standard InChI is InChI=1S/C20H18N2O5S2/c1-14(19(23)21-16-6-3-2-4-7-16)27-20(24)15-9-11-17(12-10-15)22-29(25,26)18-8-5-13-28-18/h2-14,22H,1H3,(H,21,23)/t14-/m1/s1. The molecule has 2 aromatic carbocycles. The molecule has 1 amide bonds. The van der Waals surface area contributed by atoms with Crippen molar-refractivity contribution in [1.29, 1.82) is 0 Å². The van der Waals surface area contributed by atoms with Crippen LogP contribution in [0.25, 0.3) is 0 Å². The summed E-state index contributed by atoms with van der Waals surface area (Å²) in [6.07, 6.45) is -1.00. The maximum absolute atomic E-state index is 12.3. The van der Waals surface area contributed by atoms with Crippen molar-refractivity contribution in [3.8, 4) is 0 Å². The SMILES string of the molecule is C[C@@H](OC(=O)c1ccc(NS(=O)(=O)c2cccs2)cc1)C(=O)Nc1ccccc1. The van der Waals surface area contributed by atoms with Gasteiger partial charge in [-0.3, -0.25) is 9.52 Å². The number of esters is 1. The Morgan fingerprint density at radius 1 is 0.931 bits per heavy atom. The predicted molar refractivity (Wildman–Crippen MR) is 112 cm³/mol. The van der Waals surface area contributed by atoms with E-state index in [9.17, 15) is 18.0 Å². The number of anilines is 2. The van der Waals surface area contributed by atoms with Crippen molar-refractivity contribution < 1.29 is 22.7 Å². The molecule has 1 atom stereocenters. The third-order valence-corrected chi connectivity index (χ3v) is 6.61. The van der Waals surface area contributed by atoms with Crippen LogP contribution in [0.4, 0.5) is 11.4 Å². The van der Waals surface area contributed by atoms with Gasteiger partial charge in [-0.25, -0.2) is 13.2 Å². The molecule has 29 heavy (non-hydrogen) atoms. The number of nitrogens with one attached hydrogen (secondary N) is 2. The number of carbonyl (C=O) groups excluding carboxylic acids is 2. The Bertz CT molecular complexity index is 1080. The number of hydrogen-bond donors (Lipinski definition) is 2. The molecular formula is C20H18N2O5S2. The van der Waals surface area contributed by atoms with E-state index in [-0.39, 0.29) is 9.77 Å².